The Balaban J connectivity index is 1.75. The van der Waals surface area contributed by atoms with E-state index in [1.165, 1.54) is 25.3 Å². The molecule has 2 rings (SSSR count). The van der Waals surface area contributed by atoms with Gasteiger partial charge in [0.1, 0.15) is 11.5 Å². The van der Waals surface area contributed by atoms with Crippen molar-refractivity contribution in [2.75, 3.05) is 32.3 Å². The average molecular weight is 400 g/mol. The van der Waals surface area contributed by atoms with Gasteiger partial charge in [0.2, 0.25) is 0 Å². The molecular weight excluding hydrogens is 376 g/mol. The Kier molecular flexibility index (Phi) is 7.90. The molecular formula is C21H24N2O6. The molecule has 0 radical (unpaired) electrons. The summed E-state index contributed by atoms with van der Waals surface area (Å²) in [5.74, 6) is 0.458. The van der Waals surface area contributed by atoms with Crippen LogP contribution in [-0.2, 0) is 14.3 Å². The second-order valence-corrected chi connectivity index (χ2v) is 5.98. The van der Waals surface area contributed by atoms with Gasteiger partial charge in [0.15, 0.2) is 5.75 Å². The zero-order valence-corrected chi connectivity index (χ0v) is 16.3. The maximum Gasteiger partial charge on any atom is 0.330 e. The third-order valence-corrected chi connectivity index (χ3v) is 3.87. The highest BCUT2D eigenvalue weighted by atomic mass is 16.5. The number of hydrogen-bond donors (Lipinski definition) is 2. The van der Waals surface area contributed by atoms with E-state index in [1.807, 2.05) is 0 Å². The lowest BCUT2D eigenvalue weighted by Gasteiger charge is -2.08. The molecule has 0 spiro atoms. The number of methoxy groups -OCH3 is 2. The van der Waals surface area contributed by atoms with Crippen molar-refractivity contribution < 1.29 is 28.5 Å². The summed E-state index contributed by atoms with van der Waals surface area (Å²) in [7, 11) is 3.09. The minimum absolute atomic E-state index is 0.0765. The molecule has 0 heterocycles. The van der Waals surface area contributed by atoms with E-state index < -0.39 is 11.9 Å². The van der Waals surface area contributed by atoms with E-state index in [-0.39, 0.29) is 24.5 Å². The second-order valence-electron chi connectivity index (χ2n) is 5.98. The summed E-state index contributed by atoms with van der Waals surface area (Å²) >= 11 is 0. The van der Waals surface area contributed by atoms with E-state index in [0.717, 1.165) is 0 Å². The Labute approximate surface area is 169 Å². The van der Waals surface area contributed by atoms with E-state index in [4.69, 9.17) is 30.4 Å². The lowest BCUT2D eigenvalue weighted by Crippen LogP contribution is -2.11. The summed E-state index contributed by atoms with van der Waals surface area (Å²) in [6.45, 7) is 0.0786. The Bertz CT molecular complexity index is 895. The number of anilines is 2. The molecule has 0 aliphatic rings. The first-order valence-electron chi connectivity index (χ1n) is 8.85. The number of carbonyl (C=O) groups is 2. The standard InChI is InChI=1S/C21H24N2O6/c1-26-16-8-5-14(19(13-16)27-2)6-10-20(24)28-11-3-4-21(25)29-18-9-7-15(22)12-17(18)23/h5-10,12-13H,3-4,11,22-23H2,1-2H3/b10-6+. The van der Waals surface area contributed by atoms with Gasteiger partial charge in [-0.1, -0.05) is 0 Å². The molecule has 0 bridgehead atoms. The predicted molar refractivity (Wildman–Crippen MR) is 110 cm³/mol. The van der Waals surface area contributed by atoms with Crippen molar-refractivity contribution in [1.82, 2.24) is 0 Å². The van der Waals surface area contributed by atoms with Crippen molar-refractivity contribution in [3.63, 3.8) is 0 Å². The number of hydrogen-bond acceptors (Lipinski definition) is 8. The molecule has 8 heteroatoms. The van der Waals surface area contributed by atoms with Gasteiger partial charge in [-0.3, -0.25) is 4.79 Å². The first-order chi connectivity index (χ1) is 13.9. The van der Waals surface area contributed by atoms with E-state index >= 15 is 0 Å². The molecule has 0 aliphatic heterocycles. The van der Waals surface area contributed by atoms with E-state index in [1.54, 1.807) is 37.5 Å². The minimum Gasteiger partial charge on any atom is -0.497 e. The summed E-state index contributed by atoms with van der Waals surface area (Å²) in [5, 5.41) is 0. The molecule has 0 saturated heterocycles. The lowest BCUT2D eigenvalue weighted by molar-refractivity contribution is -0.140. The van der Waals surface area contributed by atoms with Gasteiger partial charge >= 0.3 is 11.9 Å². The largest absolute Gasteiger partial charge is 0.497 e. The molecule has 0 aromatic heterocycles. The molecule has 29 heavy (non-hydrogen) atoms. The van der Waals surface area contributed by atoms with E-state index in [2.05, 4.69) is 0 Å². The fourth-order valence-electron chi connectivity index (χ4n) is 2.38. The van der Waals surface area contributed by atoms with Crippen LogP contribution in [0.15, 0.2) is 42.5 Å². The van der Waals surface area contributed by atoms with E-state index in [0.29, 0.717) is 29.2 Å². The Morgan fingerprint density at radius 3 is 2.48 bits per heavy atom. The average Bonchev–Trinajstić information content (AvgIpc) is 2.71. The molecule has 4 N–H and O–H groups in total. The Hall–Kier alpha value is -3.68. The van der Waals surface area contributed by atoms with Crippen molar-refractivity contribution in [3.8, 4) is 17.2 Å². The quantitative estimate of drug-likeness (QED) is 0.217. The van der Waals surface area contributed by atoms with Crippen LogP contribution in [0.4, 0.5) is 11.4 Å². The van der Waals surface area contributed by atoms with E-state index in [9.17, 15) is 9.59 Å². The maximum absolute atomic E-state index is 11.8. The van der Waals surface area contributed by atoms with Crippen LogP contribution in [0.3, 0.4) is 0 Å². The van der Waals surface area contributed by atoms with Crippen LogP contribution in [0.25, 0.3) is 6.08 Å². The highest BCUT2D eigenvalue weighted by molar-refractivity contribution is 5.87. The molecule has 0 fully saturated rings. The Morgan fingerprint density at radius 2 is 1.79 bits per heavy atom. The van der Waals surface area contributed by atoms with Crippen LogP contribution in [0.5, 0.6) is 17.2 Å². The molecule has 0 atom stereocenters. The number of rotatable bonds is 9. The van der Waals surface area contributed by atoms with Crippen LogP contribution in [-0.4, -0.2) is 32.8 Å². The highest BCUT2D eigenvalue weighted by Gasteiger charge is 2.09. The van der Waals surface area contributed by atoms with Gasteiger partial charge in [-0.15, -0.1) is 0 Å². The van der Waals surface area contributed by atoms with Crippen LogP contribution < -0.4 is 25.7 Å². The molecule has 0 amide bonds. The smallest absolute Gasteiger partial charge is 0.330 e. The summed E-state index contributed by atoms with van der Waals surface area (Å²) in [6, 6.07) is 9.86. The van der Waals surface area contributed by atoms with Crippen LogP contribution >= 0.6 is 0 Å². The van der Waals surface area contributed by atoms with Crippen molar-refractivity contribution >= 4 is 29.4 Å². The minimum atomic E-state index is -0.529. The van der Waals surface area contributed by atoms with Gasteiger partial charge in [-0.25, -0.2) is 4.79 Å². The first-order valence-corrected chi connectivity index (χ1v) is 8.85. The topological polar surface area (TPSA) is 123 Å². The van der Waals surface area contributed by atoms with Crippen LogP contribution in [0, 0.1) is 0 Å². The lowest BCUT2D eigenvalue weighted by atomic mass is 10.2. The second kappa shape index (κ2) is 10.6. The third-order valence-electron chi connectivity index (χ3n) is 3.87. The van der Waals surface area contributed by atoms with Gasteiger partial charge in [-0.2, -0.15) is 0 Å². The van der Waals surface area contributed by atoms with Gasteiger partial charge in [0.25, 0.3) is 0 Å². The zero-order valence-electron chi connectivity index (χ0n) is 16.3. The number of nitrogen functional groups attached to an aromatic ring is 2. The molecule has 8 nitrogen and oxygen atoms in total. The van der Waals surface area contributed by atoms with Crippen molar-refractivity contribution in [2.24, 2.45) is 0 Å². The maximum atomic E-state index is 11.8. The third kappa shape index (κ3) is 6.76. The van der Waals surface area contributed by atoms with Crippen LogP contribution in [0.1, 0.15) is 18.4 Å². The summed E-state index contributed by atoms with van der Waals surface area (Å²) < 4.78 is 20.6. The van der Waals surface area contributed by atoms with Gasteiger partial charge in [0, 0.05) is 29.8 Å². The molecule has 0 saturated carbocycles. The van der Waals surface area contributed by atoms with Crippen LogP contribution in [0.2, 0.25) is 0 Å². The normalized spacial score (nSPS) is 10.6. The number of esters is 2. The van der Waals surface area contributed by atoms with Crippen molar-refractivity contribution in [2.45, 2.75) is 12.8 Å². The fraction of sp³-hybridized carbons (Fsp3) is 0.238. The van der Waals surface area contributed by atoms with Gasteiger partial charge < -0.3 is 30.4 Å². The number of benzene rings is 2. The molecule has 154 valence electrons. The SMILES string of the molecule is COc1ccc(/C=C/C(=O)OCCCC(=O)Oc2ccc(N)cc2N)c(OC)c1. The zero-order chi connectivity index (χ0) is 21.2. The summed E-state index contributed by atoms with van der Waals surface area (Å²) in [6.07, 6.45) is 3.27. The number of nitrogens with two attached hydrogens (primary N) is 2. The van der Waals surface area contributed by atoms with Gasteiger partial charge in [0.05, 0.1) is 26.5 Å². The Morgan fingerprint density at radius 1 is 1.00 bits per heavy atom. The number of carbonyl (C=O) groups excluding carboxylic acids is 2. The molecule has 0 aliphatic carbocycles. The molecule has 2 aromatic carbocycles. The molecule has 2 aromatic rings. The predicted octanol–water partition coefficient (Wildman–Crippen LogP) is 2.81. The number of ether oxygens (including phenoxy) is 4. The summed E-state index contributed by atoms with van der Waals surface area (Å²) in [4.78, 5) is 23.7. The van der Waals surface area contributed by atoms with Crippen molar-refractivity contribution in [1.29, 1.82) is 0 Å². The fourth-order valence-corrected chi connectivity index (χ4v) is 2.38. The first kappa shape index (κ1) is 21.6. The monoisotopic (exact) mass is 400 g/mol. The molecule has 0 unspecified atom stereocenters. The highest BCUT2D eigenvalue weighted by Crippen LogP contribution is 2.26. The van der Waals surface area contributed by atoms with Gasteiger partial charge in [-0.05, 0) is 42.8 Å². The summed E-state index contributed by atoms with van der Waals surface area (Å²) in [5.41, 5.74) is 12.8. The van der Waals surface area contributed by atoms with Crippen molar-refractivity contribution in [3.05, 3.63) is 48.0 Å².